The van der Waals surface area contributed by atoms with Gasteiger partial charge in [0.2, 0.25) is 0 Å². The van der Waals surface area contributed by atoms with E-state index >= 15 is 0 Å². The number of rotatable bonds is 1. The molecule has 1 saturated heterocycles. The van der Waals surface area contributed by atoms with Gasteiger partial charge in [-0.25, -0.2) is 4.39 Å². The molecule has 6 heteroatoms. The van der Waals surface area contributed by atoms with Crippen molar-refractivity contribution in [3.63, 3.8) is 0 Å². The molecule has 2 unspecified atom stereocenters. The van der Waals surface area contributed by atoms with Crippen LogP contribution in [0.3, 0.4) is 0 Å². The predicted octanol–water partition coefficient (Wildman–Crippen LogP) is 3.57. The lowest BCUT2D eigenvalue weighted by Gasteiger charge is -2.14. The van der Waals surface area contributed by atoms with Gasteiger partial charge in [0.1, 0.15) is 5.82 Å². The highest BCUT2D eigenvalue weighted by molar-refractivity contribution is 8.00. The van der Waals surface area contributed by atoms with Crippen molar-refractivity contribution in [3.8, 4) is 0 Å². The molecule has 0 saturated carbocycles. The van der Waals surface area contributed by atoms with Crippen molar-refractivity contribution in [2.45, 2.75) is 23.7 Å². The molecule has 94 valence electrons. The summed E-state index contributed by atoms with van der Waals surface area (Å²) < 4.78 is 50.7. The zero-order valence-electron chi connectivity index (χ0n) is 9.01. The summed E-state index contributed by atoms with van der Waals surface area (Å²) in [6.45, 7) is 2.74. The minimum Gasteiger partial charge on any atom is -0.301 e. The third-order valence-corrected chi connectivity index (χ3v) is 3.90. The van der Waals surface area contributed by atoms with Crippen LogP contribution in [0.15, 0.2) is 18.2 Å². The van der Waals surface area contributed by atoms with Gasteiger partial charge < -0.3 is 5.32 Å². The summed E-state index contributed by atoms with van der Waals surface area (Å²) in [5.41, 5.74) is -0.731. The first kappa shape index (κ1) is 12.7. The maximum absolute atomic E-state index is 13.1. The Morgan fingerprint density at radius 1 is 1.35 bits per heavy atom. The van der Waals surface area contributed by atoms with E-state index in [4.69, 9.17) is 0 Å². The van der Waals surface area contributed by atoms with E-state index in [1.165, 1.54) is 6.07 Å². The molecule has 0 aliphatic carbocycles. The van der Waals surface area contributed by atoms with Crippen LogP contribution in [0.2, 0.25) is 0 Å². The third-order valence-electron chi connectivity index (χ3n) is 2.56. The van der Waals surface area contributed by atoms with Gasteiger partial charge in [-0.3, -0.25) is 0 Å². The van der Waals surface area contributed by atoms with Crippen molar-refractivity contribution in [1.82, 2.24) is 5.32 Å². The van der Waals surface area contributed by atoms with E-state index in [1.807, 2.05) is 6.92 Å². The zero-order valence-corrected chi connectivity index (χ0v) is 9.83. The Labute approximate surface area is 101 Å². The van der Waals surface area contributed by atoms with E-state index in [9.17, 15) is 17.6 Å². The number of halogens is 4. The van der Waals surface area contributed by atoms with Crippen LogP contribution < -0.4 is 5.32 Å². The molecular weight excluding hydrogens is 254 g/mol. The zero-order chi connectivity index (χ0) is 12.6. The second-order valence-electron chi connectivity index (χ2n) is 3.97. The lowest BCUT2D eigenvalue weighted by molar-refractivity contribution is -0.140. The summed E-state index contributed by atoms with van der Waals surface area (Å²) in [5, 5.41) is 3.25. The summed E-state index contributed by atoms with van der Waals surface area (Å²) in [6, 6.07) is 3.16. The fourth-order valence-corrected chi connectivity index (χ4v) is 2.87. The van der Waals surface area contributed by atoms with Crippen LogP contribution in [0.25, 0.3) is 0 Å². The maximum atomic E-state index is 13.1. The van der Waals surface area contributed by atoms with Crippen molar-refractivity contribution in [2.75, 3.05) is 6.54 Å². The molecule has 1 aromatic carbocycles. The molecule has 17 heavy (non-hydrogen) atoms. The number of hydrogen-bond donors (Lipinski definition) is 1. The van der Waals surface area contributed by atoms with Gasteiger partial charge in [0.25, 0.3) is 0 Å². The SMILES string of the molecule is CC1CNC(c2ccc(F)c(C(F)(F)F)c2)S1. The van der Waals surface area contributed by atoms with Crippen molar-refractivity contribution in [1.29, 1.82) is 0 Å². The van der Waals surface area contributed by atoms with Gasteiger partial charge in [-0.2, -0.15) is 13.2 Å². The minimum absolute atomic E-state index is 0.188. The Bertz CT molecular complexity index is 418. The molecule has 0 bridgehead atoms. The molecule has 1 aliphatic rings. The van der Waals surface area contributed by atoms with Gasteiger partial charge in [0, 0.05) is 11.8 Å². The lowest BCUT2D eigenvalue weighted by atomic mass is 10.1. The van der Waals surface area contributed by atoms with Crippen molar-refractivity contribution >= 4 is 11.8 Å². The van der Waals surface area contributed by atoms with Crippen LogP contribution in [0.4, 0.5) is 17.6 Å². The summed E-state index contributed by atoms with van der Waals surface area (Å²) in [5.74, 6) is -1.22. The van der Waals surface area contributed by atoms with Crippen LogP contribution in [-0.2, 0) is 6.18 Å². The average Bonchev–Trinajstić information content (AvgIpc) is 2.64. The highest BCUT2D eigenvalue weighted by Crippen LogP contribution is 2.38. The number of nitrogens with one attached hydrogen (secondary N) is 1. The molecule has 0 spiro atoms. The van der Waals surface area contributed by atoms with Crippen LogP contribution in [0, 0.1) is 5.82 Å². The first-order valence-corrected chi connectivity index (χ1v) is 6.07. The first-order chi connectivity index (χ1) is 7.88. The summed E-state index contributed by atoms with van der Waals surface area (Å²) >= 11 is 1.54. The van der Waals surface area contributed by atoms with Gasteiger partial charge in [-0.05, 0) is 17.7 Å². The second-order valence-corrected chi connectivity index (χ2v) is 5.52. The highest BCUT2D eigenvalue weighted by Gasteiger charge is 2.35. The van der Waals surface area contributed by atoms with Crippen LogP contribution in [-0.4, -0.2) is 11.8 Å². The molecule has 2 atom stereocenters. The average molecular weight is 265 g/mol. The Morgan fingerprint density at radius 3 is 2.59 bits per heavy atom. The molecule has 1 N–H and O–H groups in total. The summed E-state index contributed by atoms with van der Waals surface area (Å²) in [6.07, 6.45) is -4.64. The quantitative estimate of drug-likeness (QED) is 0.779. The van der Waals surface area contributed by atoms with E-state index in [2.05, 4.69) is 5.32 Å². The Hall–Kier alpha value is -0.750. The lowest BCUT2D eigenvalue weighted by Crippen LogP contribution is -2.15. The number of alkyl halides is 3. The minimum atomic E-state index is -4.64. The Kier molecular flexibility index (Phi) is 3.36. The number of benzene rings is 1. The molecule has 0 radical (unpaired) electrons. The van der Waals surface area contributed by atoms with Crippen LogP contribution in [0.5, 0.6) is 0 Å². The van der Waals surface area contributed by atoms with E-state index in [0.717, 1.165) is 18.7 Å². The number of hydrogen-bond acceptors (Lipinski definition) is 2. The molecule has 1 aliphatic heterocycles. The number of thioether (sulfide) groups is 1. The van der Waals surface area contributed by atoms with Gasteiger partial charge in [0.05, 0.1) is 10.9 Å². The summed E-state index contributed by atoms with van der Waals surface area (Å²) in [7, 11) is 0. The van der Waals surface area contributed by atoms with E-state index in [0.29, 0.717) is 10.8 Å². The van der Waals surface area contributed by atoms with Gasteiger partial charge in [-0.15, -0.1) is 11.8 Å². The molecule has 1 fully saturated rings. The molecule has 1 heterocycles. The smallest absolute Gasteiger partial charge is 0.301 e. The molecule has 0 amide bonds. The van der Waals surface area contributed by atoms with Crippen molar-refractivity contribution in [2.24, 2.45) is 0 Å². The van der Waals surface area contributed by atoms with E-state index in [1.54, 1.807) is 11.8 Å². The highest BCUT2D eigenvalue weighted by atomic mass is 32.2. The fraction of sp³-hybridized carbons (Fsp3) is 0.455. The molecule has 1 aromatic rings. The molecule has 1 nitrogen and oxygen atoms in total. The normalized spacial score (nSPS) is 25.2. The molecular formula is C11H11F4NS. The fourth-order valence-electron chi connectivity index (χ4n) is 1.72. The van der Waals surface area contributed by atoms with E-state index in [-0.39, 0.29) is 5.37 Å². The Balaban J connectivity index is 2.31. The van der Waals surface area contributed by atoms with E-state index < -0.39 is 17.6 Å². The predicted molar refractivity (Wildman–Crippen MR) is 59.2 cm³/mol. The monoisotopic (exact) mass is 265 g/mol. The molecule has 0 aromatic heterocycles. The van der Waals surface area contributed by atoms with Gasteiger partial charge in [0.15, 0.2) is 0 Å². The Morgan fingerprint density at radius 2 is 2.06 bits per heavy atom. The van der Waals surface area contributed by atoms with Crippen LogP contribution >= 0.6 is 11.8 Å². The molecule has 2 rings (SSSR count). The standard InChI is InChI=1S/C11H11F4NS/c1-6-5-16-10(17-6)7-2-3-9(12)8(4-7)11(13,14)15/h2-4,6,10,16H,5H2,1H3. The summed E-state index contributed by atoms with van der Waals surface area (Å²) in [4.78, 5) is 0. The maximum Gasteiger partial charge on any atom is 0.419 e. The largest absolute Gasteiger partial charge is 0.419 e. The van der Waals surface area contributed by atoms with Gasteiger partial charge in [-0.1, -0.05) is 13.0 Å². The first-order valence-electron chi connectivity index (χ1n) is 5.13. The second kappa shape index (κ2) is 4.49. The van der Waals surface area contributed by atoms with Crippen molar-refractivity contribution < 1.29 is 17.6 Å². The van der Waals surface area contributed by atoms with Gasteiger partial charge >= 0.3 is 6.18 Å². The third kappa shape index (κ3) is 2.74. The van der Waals surface area contributed by atoms with Crippen LogP contribution in [0.1, 0.15) is 23.4 Å². The topological polar surface area (TPSA) is 12.0 Å². The van der Waals surface area contributed by atoms with Crippen molar-refractivity contribution in [3.05, 3.63) is 35.1 Å².